The van der Waals surface area contributed by atoms with Crippen molar-refractivity contribution in [1.82, 2.24) is 15.3 Å². The van der Waals surface area contributed by atoms with Gasteiger partial charge in [-0.05, 0) is 51.0 Å². The van der Waals surface area contributed by atoms with Crippen molar-refractivity contribution in [2.75, 3.05) is 30.0 Å². The lowest BCUT2D eigenvalue weighted by Crippen LogP contribution is -2.44. The SMILES string of the molecule is C[C@@H]1COCCN1c1nc(-c2ccc(NC(=O)NC3CC3)cc2)nc2c1[C@H](C)S(O)(O)C2. The van der Waals surface area contributed by atoms with E-state index < -0.39 is 15.8 Å². The van der Waals surface area contributed by atoms with E-state index in [4.69, 9.17) is 14.7 Å². The topological polar surface area (TPSA) is 120 Å². The van der Waals surface area contributed by atoms with Crippen molar-refractivity contribution in [3.8, 4) is 11.4 Å². The maximum Gasteiger partial charge on any atom is 0.319 e. The van der Waals surface area contributed by atoms with Crippen LogP contribution in [0.2, 0.25) is 0 Å². The molecule has 32 heavy (non-hydrogen) atoms. The zero-order chi connectivity index (χ0) is 22.5. The summed E-state index contributed by atoms with van der Waals surface area (Å²) in [5.41, 5.74) is 3.02. The van der Waals surface area contributed by atoms with Crippen molar-refractivity contribution in [1.29, 1.82) is 0 Å². The van der Waals surface area contributed by atoms with E-state index in [9.17, 15) is 13.9 Å². The molecule has 1 saturated heterocycles. The molecule has 0 spiro atoms. The summed E-state index contributed by atoms with van der Waals surface area (Å²) in [5, 5.41) is 5.34. The Hall–Kier alpha value is -2.40. The predicted molar refractivity (Wildman–Crippen MR) is 125 cm³/mol. The first-order valence-corrected chi connectivity index (χ1v) is 12.8. The Balaban J connectivity index is 1.46. The molecule has 2 amide bonds. The molecule has 3 aliphatic rings. The number of carbonyl (C=O) groups is 1. The summed E-state index contributed by atoms with van der Waals surface area (Å²) in [6.07, 6.45) is 2.07. The molecule has 2 aromatic rings. The van der Waals surface area contributed by atoms with Gasteiger partial charge < -0.3 is 20.3 Å². The van der Waals surface area contributed by atoms with E-state index in [0.717, 1.165) is 29.8 Å². The number of urea groups is 1. The minimum atomic E-state index is -2.80. The smallest absolute Gasteiger partial charge is 0.319 e. The van der Waals surface area contributed by atoms with Gasteiger partial charge in [-0.2, -0.15) is 10.6 Å². The molecule has 1 aromatic heterocycles. The highest BCUT2D eigenvalue weighted by molar-refractivity contribution is 8.24. The van der Waals surface area contributed by atoms with Crippen LogP contribution in [0.4, 0.5) is 16.3 Å². The molecule has 9 nitrogen and oxygen atoms in total. The summed E-state index contributed by atoms with van der Waals surface area (Å²) >= 11 is 0. The van der Waals surface area contributed by atoms with Crippen LogP contribution in [0.15, 0.2) is 24.3 Å². The van der Waals surface area contributed by atoms with Gasteiger partial charge in [-0.15, -0.1) is 0 Å². The third kappa shape index (κ3) is 4.15. The van der Waals surface area contributed by atoms with E-state index in [-0.39, 0.29) is 17.8 Å². The number of nitrogens with one attached hydrogen (secondary N) is 2. The minimum Gasteiger partial charge on any atom is -0.377 e. The Morgan fingerprint density at radius 3 is 2.62 bits per heavy atom. The van der Waals surface area contributed by atoms with Gasteiger partial charge in [0.15, 0.2) is 5.82 Å². The second-order valence-corrected chi connectivity index (χ2v) is 11.2. The van der Waals surface area contributed by atoms with Gasteiger partial charge in [-0.25, -0.2) is 14.8 Å². The Morgan fingerprint density at radius 1 is 1.19 bits per heavy atom. The molecule has 0 unspecified atom stereocenters. The van der Waals surface area contributed by atoms with Gasteiger partial charge in [0.05, 0.1) is 36.0 Å². The van der Waals surface area contributed by atoms with Gasteiger partial charge in [-0.1, -0.05) is 0 Å². The highest BCUT2D eigenvalue weighted by Gasteiger charge is 2.40. The number of morpholine rings is 1. The minimum absolute atomic E-state index is 0.127. The Bertz CT molecular complexity index is 1030. The number of rotatable bonds is 4. The summed E-state index contributed by atoms with van der Waals surface area (Å²) in [4.78, 5) is 23.8. The molecule has 4 N–H and O–H groups in total. The van der Waals surface area contributed by atoms with Crippen molar-refractivity contribution in [3.63, 3.8) is 0 Å². The second kappa shape index (κ2) is 8.18. The van der Waals surface area contributed by atoms with Gasteiger partial charge in [0.25, 0.3) is 0 Å². The molecule has 2 aliphatic heterocycles. The first-order chi connectivity index (χ1) is 15.3. The molecule has 2 fully saturated rings. The molecule has 1 aromatic carbocycles. The van der Waals surface area contributed by atoms with Crippen molar-refractivity contribution < 1.29 is 18.6 Å². The van der Waals surface area contributed by atoms with E-state index in [1.54, 1.807) is 0 Å². The fourth-order valence-electron chi connectivity index (χ4n) is 4.22. The number of benzene rings is 1. The van der Waals surface area contributed by atoms with Crippen LogP contribution in [-0.2, 0) is 10.5 Å². The van der Waals surface area contributed by atoms with Crippen LogP contribution in [0.3, 0.4) is 0 Å². The lowest BCUT2D eigenvalue weighted by Gasteiger charge is -2.37. The van der Waals surface area contributed by atoms with Crippen molar-refractivity contribution >= 4 is 28.1 Å². The maximum atomic E-state index is 12.0. The first kappa shape index (κ1) is 21.4. The van der Waals surface area contributed by atoms with Gasteiger partial charge in [0, 0.05) is 29.4 Å². The lowest BCUT2D eigenvalue weighted by atomic mass is 10.1. The third-order valence-electron chi connectivity index (χ3n) is 6.28. The fourth-order valence-corrected chi connectivity index (χ4v) is 5.71. The number of hydrogen-bond acceptors (Lipinski definition) is 7. The van der Waals surface area contributed by atoms with Crippen LogP contribution in [0.25, 0.3) is 11.4 Å². The van der Waals surface area contributed by atoms with Crippen LogP contribution < -0.4 is 15.5 Å². The molecular weight excluding hydrogens is 430 g/mol. The van der Waals surface area contributed by atoms with Gasteiger partial charge in [0.2, 0.25) is 0 Å². The molecule has 1 saturated carbocycles. The molecule has 10 heteroatoms. The number of aromatic nitrogens is 2. The van der Waals surface area contributed by atoms with Gasteiger partial charge >= 0.3 is 6.03 Å². The molecular formula is C22H29N5O4S. The lowest BCUT2D eigenvalue weighted by molar-refractivity contribution is 0.0984. The molecule has 3 heterocycles. The van der Waals surface area contributed by atoms with Crippen molar-refractivity contribution in [2.24, 2.45) is 0 Å². The molecule has 5 rings (SSSR count). The predicted octanol–water partition coefficient (Wildman–Crippen LogP) is 3.98. The number of ether oxygens (including phenoxy) is 1. The van der Waals surface area contributed by atoms with E-state index in [2.05, 4.69) is 22.5 Å². The van der Waals surface area contributed by atoms with Gasteiger partial charge in [0.1, 0.15) is 5.82 Å². The van der Waals surface area contributed by atoms with E-state index in [0.29, 0.717) is 43.0 Å². The quantitative estimate of drug-likeness (QED) is 0.546. The van der Waals surface area contributed by atoms with Crippen molar-refractivity contribution in [3.05, 3.63) is 35.5 Å². The zero-order valence-corrected chi connectivity index (χ0v) is 19.1. The fraction of sp³-hybridized carbons (Fsp3) is 0.500. The summed E-state index contributed by atoms with van der Waals surface area (Å²) in [6.45, 7) is 5.81. The number of nitrogens with zero attached hydrogens (tertiary/aromatic N) is 3. The van der Waals surface area contributed by atoms with E-state index >= 15 is 0 Å². The number of carbonyl (C=O) groups excluding carboxylic acids is 1. The summed E-state index contributed by atoms with van der Waals surface area (Å²) in [5.74, 6) is 1.44. The largest absolute Gasteiger partial charge is 0.377 e. The van der Waals surface area contributed by atoms with E-state index in [1.807, 2.05) is 31.2 Å². The zero-order valence-electron chi connectivity index (χ0n) is 18.2. The molecule has 172 valence electrons. The van der Waals surface area contributed by atoms with Crippen LogP contribution in [0, 0.1) is 0 Å². The maximum absolute atomic E-state index is 12.0. The second-order valence-electron chi connectivity index (χ2n) is 8.80. The van der Waals surface area contributed by atoms with Crippen LogP contribution in [0.1, 0.15) is 43.2 Å². The first-order valence-electron chi connectivity index (χ1n) is 11.0. The number of hydrogen-bond donors (Lipinski definition) is 4. The number of anilines is 2. The molecule has 1 aliphatic carbocycles. The van der Waals surface area contributed by atoms with Crippen molar-refractivity contribution in [2.45, 2.75) is 49.8 Å². The van der Waals surface area contributed by atoms with Crippen LogP contribution >= 0.6 is 10.6 Å². The molecule has 0 radical (unpaired) electrons. The Morgan fingerprint density at radius 2 is 1.94 bits per heavy atom. The van der Waals surface area contributed by atoms with Crippen LogP contribution in [0.5, 0.6) is 0 Å². The van der Waals surface area contributed by atoms with Gasteiger partial charge in [-0.3, -0.25) is 9.11 Å². The highest BCUT2D eigenvalue weighted by atomic mass is 32.3. The molecule has 0 bridgehead atoms. The summed E-state index contributed by atoms with van der Waals surface area (Å²) in [7, 11) is -2.80. The Labute approximate surface area is 188 Å². The average molecular weight is 460 g/mol. The summed E-state index contributed by atoms with van der Waals surface area (Å²) in [6, 6.07) is 7.62. The third-order valence-corrected chi connectivity index (χ3v) is 8.35. The average Bonchev–Trinajstić information content (AvgIpc) is 3.53. The van der Waals surface area contributed by atoms with Crippen LogP contribution in [-0.4, -0.2) is 56.9 Å². The monoisotopic (exact) mass is 459 g/mol. The summed E-state index contributed by atoms with van der Waals surface area (Å²) < 4.78 is 26.8. The molecule has 2 atom stereocenters. The van der Waals surface area contributed by atoms with E-state index in [1.165, 1.54) is 0 Å². The normalized spacial score (nSPS) is 25.2. The number of amides is 2. The Kier molecular flexibility index (Phi) is 5.48. The standard InChI is InChI=1S/C22H29N5O4S/c1-13-11-31-10-9-27(13)21-19-14(2)32(29,30)12-18(19)25-20(26-21)15-3-5-16(6-4-15)23-22(28)24-17-7-8-17/h3-6,13-14,17,29-30H,7-12H2,1-2H3,(H2,23,24,28)/t13-,14+/m1/s1. The number of fused-ring (bicyclic) bond motifs is 1. The highest BCUT2D eigenvalue weighted by Crippen LogP contribution is 2.63.